The Morgan fingerprint density at radius 2 is 1.92 bits per heavy atom. The van der Waals surface area contributed by atoms with Crippen LogP contribution in [0, 0.1) is 5.92 Å². The zero-order valence-corrected chi connectivity index (χ0v) is 14.3. The van der Waals surface area contributed by atoms with Gasteiger partial charge >= 0.3 is 0 Å². The number of amides is 1. The molecular formula is C18H23N5O2. The molecule has 1 aliphatic carbocycles. The summed E-state index contributed by atoms with van der Waals surface area (Å²) in [6, 6.07) is 8.30. The van der Waals surface area contributed by atoms with Gasteiger partial charge in [0.15, 0.2) is 0 Å². The van der Waals surface area contributed by atoms with Gasteiger partial charge in [-0.05, 0) is 59.7 Å². The van der Waals surface area contributed by atoms with E-state index in [1.165, 1.54) is 0 Å². The fraction of sp³-hybridized carbons (Fsp3) is 0.556. The predicted octanol–water partition coefficient (Wildman–Crippen LogP) is 1.62. The molecule has 1 amide bonds. The minimum atomic E-state index is 0.240. The average Bonchev–Trinajstić information content (AvgIpc) is 3.34. The summed E-state index contributed by atoms with van der Waals surface area (Å²) in [5.41, 5.74) is 1.92. The highest BCUT2D eigenvalue weighted by molar-refractivity contribution is 5.79. The topological polar surface area (TPSA) is 73.1 Å². The molecule has 1 saturated heterocycles. The van der Waals surface area contributed by atoms with Crippen LogP contribution in [-0.4, -0.2) is 56.8 Å². The molecule has 0 unspecified atom stereocenters. The lowest BCUT2D eigenvalue weighted by molar-refractivity contribution is -0.132. The quantitative estimate of drug-likeness (QED) is 0.798. The lowest BCUT2D eigenvalue weighted by Crippen LogP contribution is -2.39. The smallest absolute Gasteiger partial charge is 0.227 e. The van der Waals surface area contributed by atoms with Crippen molar-refractivity contribution in [2.45, 2.75) is 38.1 Å². The lowest BCUT2D eigenvalue weighted by Gasteiger charge is -2.30. The molecule has 2 heterocycles. The molecule has 25 heavy (non-hydrogen) atoms. The van der Waals surface area contributed by atoms with E-state index in [2.05, 4.69) is 20.4 Å². The van der Waals surface area contributed by atoms with Gasteiger partial charge in [0.05, 0.1) is 12.1 Å². The summed E-state index contributed by atoms with van der Waals surface area (Å²) in [6.45, 7) is 2.54. The normalized spacial score (nSPS) is 18.2. The Labute approximate surface area is 147 Å². The molecule has 1 aromatic heterocycles. The molecule has 0 bridgehead atoms. The summed E-state index contributed by atoms with van der Waals surface area (Å²) < 4.78 is 7.04. The third kappa shape index (κ3) is 4.04. The molecule has 0 atom stereocenters. The summed E-state index contributed by atoms with van der Waals surface area (Å²) in [6.07, 6.45) is 6.44. The van der Waals surface area contributed by atoms with Crippen molar-refractivity contribution < 1.29 is 9.53 Å². The Hall–Kier alpha value is -2.28. The SMILES string of the molecule is O=C(Cc1ccc(-n2cnnn2)cc1)N(CC1CCOCC1)C1CC1. The number of carbonyl (C=O) groups excluding carboxylic acids is 1. The van der Waals surface area contributed by atoms with Gasteiger partial charge < -0.3 is 9.64 Å². The first kappa shape index (κ1) is 16.2. The summed E-state index contributed by atoms with van der Waals surface area (Å²) in [7, 11) is 0. The van der Waals surface area contributed by atoms with Crippen molar-refractivity contribution in [3.05, 3.63) is 36.2 Å². The van der Waals surface area contributed by atoms with Gasteiger partial charge in [0.1, 0.15) is 6.33 Å². The highest BCUT2D eigenvalue weighted by Crippen LogP contribution is 2.30. The van der Waals surface area contributed by atoms with Crippen LogP contribution in [0.4, 0.5) is 0 Å². The standard InChI is InChI=1S/C18H23N5O2/c24-18(22(16-5-6-16)12-15-7-9-25-10-8-15)11-14-1-3-17(4-2-14)23-13-19-20-21-23/h1-4,13,15-16H,5-12H2. The number of rotatable bonds is 6. The van der Waals surface area contributed by atoms with Crippen molar-refractivity contribution in [1.82, 2.24) is 25.1 Å². The lowest BCUT2D eigenvalue weighted by atomic mass is 9.99. The Morgan fingerprint density at radius 1 is 1.16 bits per heavy atom. The van der Waals surface area contributed by atoms with Gasteiger partial charge in [0.25, 0.3) is 0 Å². The van der Waals surface area contributed by atoms with Crippen LogP contribution in [-0.2, 0) is 16.0 Å². The van der Waals surface area contributed by atoms with E-state index in [1.54, 1.807) is 11.0 Å². The van der Waals surface area contributed by atoms with Crippen LogP contribution in [0.3, 0.4) is 0 Å². The van der Waals surface area contributed by atoms with Crippen molar-refractivity contribution in [2.75, 3.05) is 19.8 Å². The van der Waals surface area contributed by atoms with E-state index in [0.29, 0.717) is 18.4 Å². The molecule has 7 nitrogen and oxygen atoms in total. The predicted molar refractivity (Wildman–Crippen MR) is 91.1 cm³/mol. The molecule has 132 valence electrons. The van der Waals surface area contributed by atoms with Crippen LogP contribution >= 0.6 is 0 Å². The van der Waals surface area contributed by atoms with Gasteiger partial charge in [0.2, 0.25) is 5.91 Å². The van der Waals surface area contributed by atoms with Gasteiger partial charge in [-0.3, -0.25) is 4.79 Å². The fourth-order valence-corrected chi connectivity index (χ4v) is 3.37. The molecule has 1 aliphatic heterocycles. The Kier molecular flexibility index (Phi) is 4.74. The molecule has 4 rings (SSSR count). The van der Waals surface area contributed by atoms with Gasteiger partial charge in [-0.1, -0.05) is 12.1 Å². The highest BCUT2D eigenvalue weighted by Gasteiger charge is 2.34. The molecule has 1 aromatic carbocycles. The molecule has 2 aliphatic rings. The van der Waals surface area contributed by atoms with Crippen molar-refractivity contribution in [3.8, 4) is 5.69 Å². The maximum absolute atomic E-state index is 12.8. The molecule has 1 saturated carbocycles. The molecule has 7 heteroatoms. The van der Waals surface area contributed by atoms with Gasteiger partial charge in [0, 0.05) is 25.8 Å². The molecule has 2 fully saturated rings. The van der Waals surface area contributed by atoms with Crippen molar-refractivity contribution in [1.29, 1.82) is 0 Å². The number of benzene rings is 1. The highest BCUT2D eigenvalue weighted by atomic mass is 16.5. The van der Waals surface area contributed by atoms with Crippen molar-refractivity contribution >= 4 is 5.91 Å². The van der Waals surface area contributed by atoms with Crippen LogP contribution in [0.1, 0.15) is 31.2 Å². The first-order chi connectivity index (χ1) is 12.3. The first-order valence-electron chi connectivity index (χ1n) is 8.99. The second-order valence-electron chi connectivity index (χ2n) is 6.93. The summed E-state index contributed by atoms with van der Waals surface area (Å²) in [5.74, 6) is 0.824. The van der Waals surface area contributed by atoms with Crippen LogP contribution < -0.4 is 0 Å². The molecule has 0 N–H and O–H groups in total. The monoisotopic (exact) mass is 341 g/mol. The minimum absolute atomic E-state index is 0.240. The van der Waals surface area contributed by atoms with Crippen LogP contribution in [0.5, 0.6) is 0 Å². The van der Waals surface area contributed by atoms with Crippen LogP contribution in [0.2, 0.25) is 0 Å². The Bertz CT molecular complexity index is 691. The molecule has 0 radical (unpaired) electrons. The summed E-state index contributed by atoms with van der Waals surface area (Å²) >= 11 is 0. The average molecular weight is 341 g/mol. The van der Waals surface area contributed by atoms with Crippen LogP contribution in [0.25, 0.3) is 5.69 Å². The molecular weight excluding hydrogens is 318 g/mol. The van der Waals surface area contributed by atoms with E-state index in [9.17, 15) is 4.79 Å². The fourth-order valence-electron chi connectivity index (χ4n) is 3.37. The zero-order chi connectivity index (χ0) is 17.1. The number of tetrazole rings is 1. The summed E-state index contributed by atoms with van der Waals surface area (Å²) in [5, 5.41) is 11.1. The van der Waals surface area contributed by atoms with Crippen molar-refractivity contribution in [3.63, 3.8) is 0 Å². The second kappa shape index (κ2) is 7.31. The van der Waals surface area contributed by atoms with E-state index in [-0.39, 0.29) is 5.91 Å². The summed E-state index contributed by atoms with van der Waals surface area (Å²) in [4.78, 5) is 15.0. The number of ether oxygens (including phenoxy) is 1. The molecule has 0 spiro atoms. The van der Waals surface area contributed by atoms with E-state index in [4.69, 9.17) is 4.74 Å². The maximum atomic E-state index is 12.8. The van der Waals surface area contributed by atoms with E-state index < -0.39 is 0 Å². The molecule has 2 aromatic rings. The first-order valence-corrected chi connectivity index (χ1v) is 8.99. The number of aromatic nitrogens is 4. The van der Waals surface area contributed by atoms with E-state index in [0.717, 1.165) is 56.7 Å². The third-order valence-electron chi connectivity index (χ3n) is 5.01. The number of hydrogen-bond donors (Lipinski definition) is 0. The minimum Gasteiger partial charge on any atom is -0.381 e. The number of carbonyl (C=O) groups is 1. The van der Waals surface area contributed by atoms with E-state index in [1.807, 2.05) is 24.3 Å². The zero-order valence-electron chi connectivity index (χ0n) is 14.3. The Balaban J connectivity index is 1.39. The van der Waals surface area contributed by atoms with Gasteiger partial charge in [-0.25, -0.2) is 4.68 Å². The Morgan fingerprint density at radius 3 is 2.56 bits per heavy atom. The van der Waals surface area contributed by atoms with Gasteiger partial charge in [-0.15, -0.1) is 5.10 Å². The van der Waals surface area contributed by atoms with Crippen LogP contribution in [0.15, 0.2) is 30.6 Å². The number of hydrogen-bond acceptors (Lipinski definition) is 5. The third-order valence-corrected chi connectivity index (χ3v) is 5.01. The van der Waals surface area contributed by atoms with E-state index >= 15 is 0 Å². The second-order valence-corrected chi connectivity index (χ2v) is 6.93. The largest absolute Gasteiger partial charge is 0.381 e. The maximum Gasteiger partial charge on any atom is 0.227 e. The van der Waals surface area contributed by atoms with Crippen molar-refractivity contribution in [2.24, 2.45) is 5.92 Å². The number of nitrogens with zero attached hydrogens (tertiary/aromatic N) is 5. The van der Waals surface area contributed by atoms with Gasteiger partial charge in [-0.2, -0.15) is 0 Å².